The minimum Gasteiger partial charge on any atom is -0.470 e. The number of ether oxygens (including phenoxy) is 1. The molecular weight excluding hydrogens is 240 g/mol. The average Bonchev–Trinajstić information content (AvgIpc) is 2.78. The van der Waals surface area contributed by atoms with Gasteiger partial charge in [-0.05, 0) is 38.8 Å². The highest BCUT2D eigenvalue weighted by molar-refractivity contribution is 5.97. The van der Waals surface area contributed by atoms with Gasteiger partial charge in [0.25, 0.3) is 5.91 Å². The van der Waals surface area contributed by atoms with Gasteiger partial charge in [0.05, 0.1) is 12.1 Å². The fraction of sp³-hybridized carbons (Fsp3) is 0.533. The van der Waals surface area contributed by atoms with Crippen molar-refractivity contribution in [2.45, 2.75) is 38.5 Å². The largest absolute Gasteiger partial charge is 0.470 e. The third kappa shape index (κ3) is 2.10. The first kappa shape index (κ1) is 12.5. The second kappa shape index (κ2) is 4.53. The van der Waals surface area contributed by atoms with Crippen molar-refractivity contribution in [3.05, 3.63) is 29.8 Å². The van der Waals surface area contributed by atoms with Crippen LogP contribution in [-0.2, 0) is 0 Å². The molecule has 2 aliphatic rings. The summed E-state index contributed by atoms with van der Waals surface area (Å²) in [6, 6.07) is 7.95. The van der Waals surface area contributed by atoms with E-state index < -0.39 is 5.72 Å². The summed E-state index contributed by atoms with van der Waals surface area (Å²) in [7, 11) is 0. The van der Waals surface area contributed by atoms with Gasteiger partial charge < -0.3 is 10.1 Å². The van der Waals surface area contributed by atoms with Crippen LogP contribution in [0.2, 0.25) is 0 Å². The standard InChI is InChI=1S/C15H20N2O2/c1-11-6-5-9-17(11)15(2)10-16-14(18)12-7-3-4-8-13(12)19-15/h3-4,7-8,11H,5-6,9-10H2,1-2H3,(H,16,18). The van der Waals surface area contributed by atoms with E-state index in [2.05, 4.69) is 24.1 Å². The van der Waals surface area contributed by atoms with Crippen LogP contribution in [0.25, 0.3) is 0 Å². The van der Waals surface area contributed by atoms with Gasteiger partial charge in [0, 0.05) is 12.6 Å². The molecule has 102 valence electrons. The molecule has 1 N–H and O–H groups in total. The van der Waals surface area contributed by atoms with Crippen LogP contribution in [0.4, 0.5) is 0 Å². The molecule has 2 atom stereocenters. The molecule has 0 saturated carbocycles. The summed E-state index contributed by atoms with van der Waals surface area (Å²) in [5.41, 5.74) is 0.163. The quantitative estimate of drug-likeness (QED) is 0.840. The van der Waals surface area contributed by atoms with E-state index in [-0.39, 0.29) is 5.91 Å². The predicted octanol–water partition coefficient (Wildman–Crippen LogP) is 2.01. The average molecular weight is 260 g/mol. The second-order valence-corrected chi connectivity index (χ2v) is 5.64. The van der Waals surface area contributed by atoms with Crippen LogP contribution in [0.3, 0.4) is 0 Å². The van der Waals surface area contributed by atoms with Crippen LogP contribution in [0.15, 0.2) is 24.3 Å². The zero-order valence-corrected chi connectivity index (χ0v) is 11.5. The van der Waals surface area contributed by atoms with Gasteiger partial charge in [-0.15, -0.1) is 0 Å². The van der Waals surface area contributed by atoms with Crippen molar-refractivity contribution in [3.8, 4) is 5.75 Å². The monoisotopic (exact) mass is 260 g/mol. The summed E-state index contributed by atoms with van der Waals surface area (Å²) in [5, 5.41) is 2.98. The Bertz CT molecular complexity index is 503. The topological polar surface area (TPSA) is 41.6 Å². The van der Waals surface area contributed by atoms with E-state index in [0.717, 1.165) is 6.54 Å². The number of nitrogens with zero attached hydrogens (tertiary/aromatic N) is 1. The zero-order valence-electron chi connectivity index (χ0n) is 11.5. The van der Waals surface area contributed by atoms with Crippen LogP contribution in [0.5, 0.6) is 5.75 Å². The van der Waals surface area contributed by atoms with Crippen molar-refractivity contribution < 1.29 is 9.53 Å². The van der Waals surface area contributed by atoms with Gasteiger partial charge in [-0.1, -0.05) is 12.1 Å². The van der Waals surface area contributed by atoms with Crippen molar-refractivity contribution in [3.63, 3.8) is 0 Å². The van der Waals surface area contributed by atoms with Crippen LogP contribution in [0.1, 0.15) is 37.0 Å². The number of hydrogen-bond donors (Lipinski definition) is 1. The summed E-state index contributed by atoms with van der Waals surface area (Å²) >= 11 is 0. The molecular formula is C15H20N2O2. The first-order valence-corrected chi connectivity index (χ1v) is 6.93. The van der Waals surface area contributed by atoms with Crippen LogP contribution < -0.4 is 10.1 Å². The Morgan fingerprint density at radius 3 is 2.95 bits per heavy atom. The fourth-order valence-corrected chi connectivity index (χ4v) is 3.15. The number of rotatable bonds is 1. The molecule has 1 fully saturated rings. The van der Waals surface area contributed by atoms with Gasteiger partial charge in [0.1, 0.15) is 5.75 Å². The Morgan fingerprint density at radius 1 is 1.42 bits per heavy atom. The zero-order chi connectivity index (χ0) is 13.5. The minimum atomic E-state index is -0.460. The van der Waals surface area contributed by atoms with Crippen molar-refractivity contribution in [1.82, 2.24) is 10.2 Å². The van der Waals surface area contributed by atoms with E-state index in [1.165, 1.54) is 12.8 Å². The molecule has 1 aromatic carbocycles. The van der Waals surface area contributed by atoms with Crippen molar-refractivity contribution in [1.29, 1.82) is 0 Å². The second-order valence-electron chi connectivity index (χ2n) is 5.64. The molecule has 0 radical (unpaired) electrons. The summed E-state index contributed by atoms with van der Waals surface area (Å²) in [5.74, 6) is 0.630. The highest BCUT2D eigenvalue weighted by Crippen LogP contribution is 2.32. The molecule has 4 heteroatoms. The Kier molecular flexibility index (Phi) is 2.97. The third-order valence-electron chi connectivity index (χ3n) is 4.20. The lowest BCUT2D eigenvalue weighted by Crippen LogP contribution is -2.57. The highest BCUT2D eigenvalue weighted by atomic mass is 16.5. The predicted molar refractivity (Wildman–Crippen MR) is 73.2 cm³/mol. The van der Waals surface area contributed by atoms with Crippen LogP contribution in [0, 0.1) is 0 Å². The Labute approximate surface area is 113 Å². The number of carbonyl (C=O) groups is 1. The normalized spacial score (nSPS) is 31.3. The van der Waals surface area contributed by atoms with E-state index in [4.69, 9.17) is 4.74 Å². The van der Waals surface area contributed by atoms with Crippen molar-refractivity contribution in [2.24, 2.45) is 0 Å². The van der Waals surface area contributed by atoms with E-state index >= 15 is 0 Å². The van der Waals surface area contributed by atoms with E-state index in [0.29, 0.717) is 23.9 Å². The number of para-hydroxylation sites is 1. The van der Waals surface area contributed by atoms with Crippen molar-refractivity contribution in [2.75, 3.05) is 13.1 Å². The molecule has 1 aromatic rings. The maximum atomic E-state index is 12.1. The third-order valence-corrected chi connectivity index (χ3v) is 4.20. The fourth-order valence-electron chi connectivity index (χ4n) is 3.15. The van der Waals surface area contributed by atoms with E-state index in [1.54, 1.807) is 0 Å². The maximum Gasteiger partial charge on any atom is 0.255 e. The molecule has 2 aliphatic heterocycles. The number of nitrogens with one attached hydrogen (secondary N) is 1. The Morgan fingerprint density at radius 2 is 2.21 bits per heavy atom. The maximum absolute atomic E-state index is 12.1. The SMILES string of the molecule is CC1CCCN1C1(C)CNC(=O)c2ccccc2O1. The van der Waals surface area contributed by atoms with Gasteiger partial charge in [-0.2, -0.15) is 0 Å². The van der Waals surface area contributed by atoms with Crippen LogP contribution in [-0.4, -0.2) is 35.7 Å². The van der Waals surface area contributed by atoms with Gasteiger partial charge in [0.15, 0.2) is 5.72 Å². The number of fused-ring (bicyclic) bond motifs is 1. The number of hydrogen-bond acceptors (Lipinski definition) is 3. The summed E-state index contributed by atoms with van der Waals surface area (Å²) < 4.78 is 6.21. The minimum absolute atomic E-state index is 0.0498. The number of benzene rings is 1. The molecule has 0 aromatic heterocycles. The Hall–Kier alpha value is -1.55. The first-order chi connectivity index (χ1) is 9.10. The number of likely N-dealkylation sites (tertiary alicyclic amines) is 1. The molecule has 4 nitrogen and oxygen atoms in total. The Balaban J connectivity index is 1.95. The van der Waals surface area contributed by atoms with E-state index in [1.807, 2.05) is 24.3 Å². The molecule has 0 spiro atoms. The molecule has 1 amide bonds. The van der Waals surface area contributed by atoms with Gasteiger partial charge >= 0.3 is 0 Å². The number of carbonyl (C=O) groups excluding carboxylic acids is 1. The lowest BCUT2D eigenvalue weighted by molar-refractivity contribution is -0.0695. The van der Waals surface area contributed by atoms with Gasteiger partial charge in [-0.3, -0.25) is 9.69 Å². The highest BCUT2D eigenvalue weighted by Gasteiger charge is 2.41. The lowest BCUT2D eigenvalue weighted by Gasteiger charge is -2.40. The molecule has 1 saturated heterocycles. The molecule has 0 aliphatic carbocycles. The molecule has 3 rings (SSSR count). The first-order valence-electron chi connectivity index (χ1n) is 6.93. The molecule has 2 heterocycles. The summed E-state index contributed by atoms with van der Waals surface area (Å²) in [6.45, 7) is 5.83. The molecule has 2 unspecified atom stereocenters. The molecule has 19 heavy (non-hydrogen) atoms. The van der Waals surface area contributed by atoms with E-state index in [9.17, 15) is 4.79 Å². The summed E-state index contributed by atoms with van der Waals surface area (Å²) in [6.07, 6.45) is 2.38. The summed E-state index contributed by atoms with van der Waals surface area (Å²) in [4.78, 5) is 14.4. The smallest absolute Gasteiger partial charge is 0.255 e. The van der Waals surface area contributed by atoms with Gasteiger partial charge in [0.2, 0.25) is 0 Å². The van der Waals surface area contributed by atoms with Crippen molar-refractivity contribution >= 4 is 5.91 Å². The van der Waals surface area contributed by atoms with Crippen LogP contribution >= 0.6 is 0 Å². The molecule has 0 bridgehead atoms. The number of amides is 1. The van der Waals surface area contributed by atoms with Gasteiger partial charge in [-0.25, -0.2) is 0 Å². The lowest BCUT2D eigenvalue weighted by atomic mass is 10.1.